The molecule has 1 N–H and O–H groups in total. The Morgan fingerprint density at radius 1 is 1.17 bits per heavy atom. The second-order valence-corrected chi connectivity index (χ2v) is 7.20. The van der Waals surface area contributed by atoms with E-state index in [4.69, 9.17) is 0 Å². The van der Waals surface area contributed by atoms with E-state index in [0.29, 0.717) is 6.04 Å². The van der Waals surface area contributed by atoms with E-state index in [1.807, 2.05) is 4.90 Å². The standard InChI is InChI=1S/C19H29N3O/c1-15(13-17-3-4-17)20-19-7-5-18(6-8-19)14-21-9-11-22(12-10-21)16(2)23/h5-8,15,17,20H,3-4,9-14H2,1-2H3/t15-/m1/s1. The molecule has 3 rings (SSSR count). The summed E-state index contributed by atoms with van der Waals surface area (Å²) in [5, 5.41) is 3.60. The molecule has 1 saturated carbocycles. The Kier molecular flexibility index (Phi) is 5.21. The van der Waals surface area contributed by atoms with Crippen LogP contribution in [0.4, 0.5) is 5.69 Å². The first-order chi connectivity index (χ1) is 11.1. The zero-order valence-electron chi connectivity index (χ0n) is 14.4. The molecule has 1 aliphatic carbocycles. The summed E-state index contributed by atoms with van der Waals surface area (Å²) in [7, 11) is 0. The monoisotopic (exact) mass is 315 g/mol. The van der Waals surface area contributed by atoms with Crippen molar-refractivity contribution in [2.45, 2.75) is 45.7 Å². The topological polar surface area (TPSA) is 35.6 Å². The average Bonchev–Trinajstić information content (AvgIpc) is 3.33. The highest BCUT2D eigenvalue weighted by Crippen LogP contribution is 2.34. The molecule has 1 amide bonds. The van der Waals surface area contributed by atoms with Crippen LogP contribution in [0.1, 0.15) is 38.7 Å². The minimum atomic E-state index is 0.195. The van der Waals surface area contributed by atoms with Gasteiger partial charge in [0.1, 0.15) is 0 Å². The number of hydrogen-bond donors (Lipinski definition) is 1. The van der Waals surface area contributed by atoms with Crippen LogP contribution in [0.2, 0.25) is 0 Å². The van der Waals surface area contributed by atoms with Crippen LogP contribution < -0.4 is 5.32 Å². The number of rotatable bonds is 6. The number of carbonyl (C=O) groups excluding carboxylic acids is 1. The lowest BCUT2D eigenvalue weighted by Gasteiger charge is -2.34. The van der Waals surface area contributed by atoms with Crippen molar-refractivity contribution < 1.29 is 4.79 Å². The van der Waals surface area contributed by atoms with Crippen LogP contribution in [-0.4, -0.2) is 47.9 Å². The van der Waals surface area contributed by atoms with E-state index in [2.05, 4.69) is 41.4 Å². The molecule has 126 valence electrons. The van der Waals surface area contributed by atoms with Crippen LogP contribution in [0, 0.1) is 5.92 Å². The fourth-order valence-corrected chi connectivity index (χ4v) is 3.38. The molecule has 1 heterocycles. The summed E-state index contributed by atoms with van der Waals surface area (Å²) in [6.45, 7) is 8.56. The maximum Gasteiger partial charge on any atom is 0.219 e. The highest BCUT2D eigenvalue weighted by molar-refractivity contribution is 5.73. The second-order valence-electron chi connectivity index (χ2n) is 7.20. The summed E-state index contributed by atoms with van der Waals surface area (Å²) in [6.07, 6.45) is 4.13. The Balaban J connectivity index is 1.45. The third-order valence-corrected chi connectivity index (χ3v) is 4.97. The molecule has 1 atom stereocenters. The van der Waals surface area contributed by atoms with E-state index in [0.717, 1.165) is 38.6 Å². The molecule has 23 heavy (non-hydrogen) atoms. The maximum absolute atomic E-state index is 11.4. The van der Waals surface area contributed by atoms with Gasteiger partial charge < -0.3 is 10.2 Å². The van der Waals surface area contributed by atoms with Gasteiger partial charge >= 0.3 is 0 Å². The molecule has 2 fully saturated rings. The first-order valence-corrected chi connectivity index (χ1v) is 8.93. The summed E-state index contributed by atoms with van der Waals surface area (Å²) in [5.74, 6) is 1.16. The van der Waals surface area contributed by atoms with Crippen molar-refractivity contribution in [2.24, 2.45) is 5.92 Å². The van der Waals surface area contributed by atoms with Crippen LogP contribution in [0.25, 0.3) is 0 Å². The Morgan fingerprint density at radius 3 is 2.39 bits per heavy atom. The van der Waals surface area contributed by atoms with E-state index < -0.39 is 0 Å². The van der Waals surface area contributed by atoms with Crippen molar-refractivity contribution in [3.8, 4) is 0 Å². The van der Waals surface area contributed by atoms with Crippen molar-refractivity contribution in [2.75, 3.05) is 31.5 Å². The van der Waals surface area contributed by atoms with E-state index in [-0.39, 0.29) is 5.91 Å². The molecule has 1 aliphatic heterocycles. The van der Waals surface area contributed by atoms with Gasteiger partial charge in [0.15, 0.2) is 0 Å². The smallest absolute Gasteiger partial charge is 0.219 e. The molecular formula is C19H29N3O. The Hall–Kier alpha value is -1.55. The van der Waals surface area contributed by atoms with Crippen molar-refractivity contribution in [1.82, 2.24) is 9.80 Å². The van der Waals surface area contributed by atoms with Gasteiger partial charge in [-0.05, 0) is 37.0 Å². The molecule has 0 spiro atoms. The van der Waals surface area contributed by atoms with Crippen LogP contribution in [0.3, 0.4) is 0 Å². The van der Waals surface area contributed by atoms with Gasteiger partial charge in [-0.1, -0.05) is 25.0 Å². The lowest BCUT2D eigenvalue weighted by Crippen LogP contribution is -2.47. The van der Waals surface area contributed by atoms with Crippen LogP contribution in [-0.2, 0) is 11.3 Å². The number of hydrogen-bond acceptors (Lipinski definition) is 3. The average molecular weight is 315 g/mol. The SMILES string of the molecule is CC(=O)N1CCN(Cc2ccc(N[C@H](C)CC3CC3)cc2)CC1. The number of carbonyl (C=O) groups is 1. The number of nitrogens with zero attached hydrogens (tertiary/aromatic N) is 2. The van der Waals surface area contributed by atoms with Gasteiger partial charge in [-0.3, -0.25) is 9.69 Å². The van der Waals surface area contributed by atoms with Gasteiger partial charge in [-0.15, -0.1) is 0 Å². The predicted octanol–water partition coefficient (Wildman–Crippen LogP) is 2.95. The zero-order valence-corrected chi connectivity index (χ0v) is 14.4. The minimum Gasteiger partial charge on any atom is -0.383 e. The number of benzene rings is 1. The molecule has 0 radical (unpaired) electrons. The zero-order chi connectivity index (χ0) is 16.2. The van der Waals surface area contributed by atoms with Crippen LogP contribution >= 0.6 is 0 Å². The molecule has 1 aromatic carbocycles. The molecule has 0 unspecified atom stereocenters. The molecular weight excluding hydrogens is 286 g/mol. The van der Waals surface area contributed by atoms with Gasteiger partial charge in [-0.2, -0.15) is 0 Å². The molecule has 2 aliphatic rings. The highest BCUT2D eigenvalue weighted by atomic mass is 16.2. The summed E-state index contributed by atoms with van der Waals surface area (Å²) < 4.78 is 0. The van der Waals surface area contributed by atoms with Gasteiger partial charge in [0.2, 0.25) is 5.91 Å². The number of anilines is 1. The van der Waals surface area contributed by atoms with Crippen molar-refractivity contribution in [1.29, 1.82) is 0 Å². The number of nitrogens with one attached hydrogen (secondary N) is 1. The third-order valence-electron chi connectivity index (χ3n) is 4.97. The van der Waals surface area contributed by atoms with Crippen LogP contribution in [0.5, 0.6) is 0 Å². The first-order valence-electron chi connectivity index (χ1n) is 8.93. The quantitative estimate of drug-likeness (QED) is 0.877. The van der Waals surface area contributed by atoms with E-state index in [9.17, 15) is 4.79 Å². The maximum atomic E-state index is 11.4. The van der Waals surface area contributed by atoms with Crippen molar-refractivity contribution >= 4 is 11.6 Å². The summed E-state index contributed by atoms with van der Waals surface area (Å²) in [5.41, 5.74) is 2.57. The lowest BCUT2D eigenvalue weighted by molar-refractivity contribution is -0.130. The van der Waals surface area contributed by atoms with Gasteiger partial charge in [0, 0.05) is 51.4 Å². The normalized spacial score (nSPS) is 20.3. The minimum absolute atomic E-state index is 0.195. The van der Waals surface area contributed by atoms with Gasteiger partial charge in [0.05, 0.1) is 0 Å². The molecule has 4 nitrogen and oxygen atoms in total. The van der Waals surface area contributed by atoms with E-state index in [1.165, 1.54) is 30.5 Å². The Bertz CT molecular complexity index is 516. The first kappa shape index (κ1) is 16.3. The largest absolute Gasteiger partial charge is 0.383 e. The van der Waals surface area contributed by atoms with E-state index >= 15 is 0 Å². The lowest BCUT2D eigenvalue weighted by atomic mass is 10.1. The van der Waals surface area contributed by atoms with Crippen molar-refractivity contribution in [3.05, 3.63) is 29.8 Å². The number of amides is 1. The molecule has 0 aromatic heterocycles. The van der Waals surface area contributed by atoms with Gasteiger partial charge in [-0.25, -0.2) is 0 Å². The summed E-state index contributed by atoms with van der Waals surface area (Å²) in [4.78, 5) is 15.7. The van der Waals surface area contributed by atoms with Crippen LogP contribution in [0.15, 0.2) is 24.3 Å². The fraction of sp³-hybridized carbons (Fsp3) is 0.632. The second kappa shape index (κ2) is 7.35. The molecule has 1 aromatic rings. The summed E-state index contributed by atoms with van der Waals surface area (Å²) >= 11 is 0. The fourth-order valence-electron chi connectivity index (χ4n) is 3.38. The third kappa shape index (κ3) is 4.96. The van der Waals surface area contributed by atoms with Gasteiger partial charge in [0.25, 0.3) is 0 Å². The summed E-state index contributed by atoms with van der Waals surface area (Å²) in [6, 6.07) is 9.41. The Morgan fingerprint density at radius 2 is 1.83 bits per heavy atom. The number of piperazine rings is 1. The predicted molar refractivity (Wildman–Crippen MR) is 94.4 cm³/mol. The Labute approximate surface area is 139 Å². The molecule has 1 saturated heterocycles. The molecule has 4 heteroatoms. The van der Waals surface area contributed by atoms with E-state index in [1.54, 1.807) is 6.92 Å². The van der Waals surface area contributed by atoms with Crippen molar-refractivity contribution in [3.63, 3.8) is 0 Å². The molecule has 0 bridgehead atoms. The highest BCUT2D eigenvalue weighted by Gasteiger charge is 2.23.